The van der Waals surface area contributed by atoms with Crippen LogP contribution in [0.5, 0.6) is 0 Å². The molecule has 2 N–H and O–H groups in total. The fourth-order valence-corrected chi connectivity index (χ4v) is 5.24. The van der Waals surface area contributed by atoms with E-state index in [0.717, 1.165) is 13.0 Å². The van der Waals surface area contributed by atoms with Crippen LogP contribution in [0.25, 0.3) is 0 Å². The van der Waals surface area contributed by atoms with Crippen molar-refractivity contribution in [1.82, 2.24) is 14.9 Å². The Bertz CT molecular complexity index is 717. The summed E-state index contributed by atoms with van der Waals surface area (Å²) >= 11 is 0. The Kier molecular flexibility index (Phi) is 9.21. The van der Waals surface area contributed by atoms with Crippen molar-refractivity contribution in [2.45, 2.75) is 45.1 Å². The number of nitrogens with one attached hydrogen (secondary N) is 2. The number of benzene rings is 1. The molecule has 0 saturated carbocycles. The minimum Gasteiger partial charge on any atom is -0.350 e. The molecule has 1 amide bonds. The van der Waals surface area contributed by atoms with Crippen molar-refractivity contribution >= 4 is 28.3 Å². The molecule has 3 atom stereocenters. The molecule has 1 heterocycles. The minimum atomic E-state index is -3.58. The smallest absolute Gasteiger partial charge is 0.251 e. The van der Waals surface area contributed by atoms with Crippen molar-refractivity contribution < 1.29 is 13.2 Å². The third kappa shape index (κ3) is 6.45. The van der Waals surface area contributed by atoms with E-state index in [9.17, 15) is 13.2 Å². The summed E-state index contributed by atoms with van der Waals surface area (Å²) in [6.07, 6.45) is 1.04. The van der Waals surface area contributed by atoms with Crippen LogP contribution in [0, 0.1) is 11.8 Å². The highest BCUT2D eigenvalue weighted by Gasteiger charge is 2.31. The first-order valence-electron chi connectivity index (χ1n) is 9.35. The van der Waals surface area contributed by atoms with E-state index < -0.39 is 10.0 Å². The number of sulfonamides is 1. The highest BCUT2D eigenvalue weighted by atomic mass is 35.5. The third-order valence-corrected chi connectivity index (χ3v) is 6.52. The number of hydrogen-bond acceptors (Lipinski definition) is 4. The van der Waals surface area contributed by atoms with E-state index in [1.807, 2.05) is 13.8 Å². The maximum Gasteiger partial charge on any atom is 0.251 e. The van der Waals surface area contributed by atoms with E-state index >= 15 is 0 Å². The molecule has 0 bridgehead atoms. The lowest BCUT2D eigenvalue weighted by molar-refractivity contribution is 0.0950. The van der Waals surface area contributed by atoms with E-state index in [1.54, 1.807) is 22.5 Å². The van der Waals surface area contributed by atoms with Gasteiger partial charge in [-0.05, 0) is 49.9 Å². The lowest BCUT2D eigenvalue weighted by Gasteiger charge is -2.34. The lowest BCUT2D eigenvalue weighted by atomic mass is 9.94. The molecule has 1 aliphatic rings. The average molecular weight is 418 g/mol. The minimum absolute atomic E-state index is 0. The van der Waals surface area contributed by atoms with Crippen LogP contribution in [0.4, 0.5) is 0 Å². The highest BCUT2D eigenvalue weighted by Crippen LogP contribution is 2.26. The first kappa shape index (κ1) is 23.9. The molecule has 1 saturated heterocycles. The maximum absolute atomic E-state index is 13.0. The molecule has 2 rings (SSSR count). The van der Waals surface area contributed by atoms with Crippen LogP contribution in [0.3, 0.4) is 0 Å². The number of halogens is 1. The van der Waals surface area contributed by atoms with Crippen molar-refractivity contribution in [2.24, 2.45) is 11.8 Å². The summed E-state index contributed by atoms with van der Waals surface area (Å²) in [5, 5.41) is 6.07. The molecule has 154 valence electrons. The molecule has 0 aromatic heterocycles. The number of carbonyl (C=O) groups is 1. The molecule has 2 unspecified atom stereocenters. The van der Waals surface area contributed by atoms with Gasteiger partial charge in [-0.1, -0.05) is 26.8 Å². The second-order valence-corrected chi connectivity index (χ2v) is 9.40. The molecular formula is C19H32ClN3O3S. The number of likely N-dealkylation sites (N-methyl/N-ethyl adjacent to an activating group) is 1. The summed E-state index contributed by atoms with van der Waals surface area (Å²) in [6, 6.07) is 6.48. The molecule has 8 heteroatoms. The Morgan fingerprint density at radius 1 is 1.26 bits per heavy atom. The number of piperidine rings is 1. The zero-order valence-corrected chi connectivity index (χ0v) is 18.2. The zero-order valence-electron chi connectivity index (χ0n) is 16.6. The second kappa shape index (κ2) is 10.4. The van der Waals surface area contributed by atoms with Gasteiger partial charge in [-0.2, -0.15) is 4.31 Å². The Balaban J connectivity index is 0.00000364. The fraction of sp³-hybridized carbons (Fsp3) is 0.632. The van der Waals surface area contributed by atoms with Crippen molar-refractivity contribution in [3.05, 3.63) is 29.8 Å². The molecule has 6 nitrogen and oxygen atoms in total. The van der Waals surface area contributed by atoms with E-state index in [0.29, 0.717) is 37.0 Å². The van der Waals surface area contributed by atoms with Gasteiger partial charge in [0.25, 0.3) is 5.91 Å². The van der Waals surface area contributed by atoms with Crippen LogP contribution in [0.2, 0.25) is 0 Å². The summed E-state index contributed by atoms with van der Waals surface area (Å²) in [6.45, 7) is 10.5. The molecule has 1 aromatic rings. The molecule has 0 spiro atoms. The summed E-state index contributed by atoms with van der Waals surface area (Å²) < 4.78 is 27.5. The van der Waals surface area contributed by atoms with Crippen molar-refractivity contribution in [3.63, 3.8) is 0 Å². The van der Waals surface area contributed by atoms with Crippen LogP contribution >= 0.6 is 12.4 Å². The van der Waals surface area contributed by atoms with Crippen LogP contribution in [-0.4, -0.2) is 50.9 Å². The second-order valence-electron chi connectivity index (χ2n) is 7.46. The van der Waals surface area contributed by atoms with Crippen LogP contribution < -0.4 is 10.6 Å². The predicted octanol–water partition coefficient (Wildman–Crippen LogP) is 2.50. The predicted molar refractivity (Wildman–Crippen MR) is 111 cm³/mol. The number of amides is 1. The Morgan fingerprint density at radius 3 is 2.48 bits per heavy atom. The van der Waals surface area contributed by atoms with Gasteiger partial charge in [-0.15, -0.1) is 12.4 Å². The normalized spacial score (nSPS) is 21.9. The zero-order chi connectivity index (χ0) is 19.3. The van der Waals surface area contributed by atoms with Gasteiger partial charge >= 0.3 is 0 Å². The number of rotatable bonds is 7. The van der Waals surface area contributed by atoms with Gasteiger partial charge in [0.1, 0.15) is 0 Å². The first-order chi connectivity index (χ1) is 12.2. The van der Waals surface area contributed by atoms with Crippen LogP contribution in [-0.2, 0) is 10.0 Å². The molecule has 0 radical (unpaired) electrons. The monoisotopic (exact) mass is 417 g/mol. The van der Waals surface area contributed by atoms with Crippen molar-refractivity contribution in [1.29, 1.82) is 0 Å². The van der Waals surface area contributed by atoms with Gasteiger partial charge in [-0.3, -0.25) is 4.79 Å². The lowest BCUT2D eigenvalue weighted by Crippen LogP contribution is -2.42. The van der Waals surface area contributed by atoms with Gasteiger partial charge in [0.2, 0.25) is 10.0 Å². The molecule has 1 aromatic carbocycles. The average Bonchev–Trinajstić information content (AvgIpc) is 2.59. The number of hydrogen-bond donors (Lipinski definition) is 2. The molecule has 0 aliphatic carbocycles. The SMILES string of the molecule is CCN[C@H](C)CNC(=O)c1cccc(S(=O)(=O)N2CC(C)CC(C)C2)c1.Cl. The van der Waals surface area contributed by atoms with E-state index in [2.05, 4.69) is 24.5 Å². The Hall–Kier alpha value is -1.15. The quantitative estimate of drug-likeness (QED) is 0.714. The topological polar surface area (TPSA) is 78.5 Å². The van der Waals surface area contributed by atoms with Gasteiger partial charge in [0, 0.05) is 31.2 Å². The molecule has 1 aliphatic heterocycles. The Labute approximate surface area is 169 Å². The summed E-state index contributed by atoms with van der Waals surface area (Å²) in [4.78, 5) is 12.6. The standard InChI is InChI=1S/C19H31N3O3S.ClH/c1-5-20-16(4)11-21-19(23)17-7-6-8-18(10-17)26(24,25)22-12-14(2)9-15(3)13-22;/h6-8,10,14-16,20H,5,9,11-13H2,1-4H3,(H,21,23);1H/t14?,15?,16-;/m1./s1. The van der Waals surface area contributed by atoms with Gasteiger partial charge < -0.3 is 10.6 Å². The highest BCUT2D eigenvalue weighted by molar-refractivity contribution is 7.89. The molecule has 1 fully saturated rings. The number of carbonyl (C=O) groups excluding carboxylic acids is 1. The van der Waals surface area contributed by atoms with E-state index in [4.69, 9.17) is 0 Å². The maximum atomic E-state index is 13.0. The largest absolute Gasteiger partial charge is 0.350 e. The summed E-state index contributed by atoms with van der Waals surface area (Å²) in [5.41, 5.74) is 0.368. The molecule has 27 heavy (non-hydrogen) atoms. The van der Waals surface area contributed by atoms with Crippen LogP contribution in [0.15, 0.2) is 29.2 Å². The first-order valence-corrected chi connectivity index (χ1v) is 10.8. The van der Waals surface area contributed by atoms with Crippen molar-refractivity contribution in [2.75, 3.05) is 26.2 Å². The van der Waals surface area contributed by atoms with Crippen molar-refractivity contribution in [3.8, 4) is 0 Å². The van der Waals surface area contributed by atoms with Gasteiger partial charge in [0.15, 0.2) is 0 Å². The third-order valence-electron chi connectivity index (χ3n) is 4.69. The van der Waals surface area contributed by atoms with Gasteiger partial charge in [0.05, 0.1) is 4.90 Å². The van der Waals surface area contributed by atoms with Gasteiger partial charge in [-0.25, -0.2) is 8.42 Å². The Morgan fingerprint density at radius 2 is 1.89 bits per heavy atom. The summed E-state index contributed by atoms with van der Waals surface area (Å²) in [7, 11) is -3.58. The number of nitrogens with zero attached hydrogens (tertiary/aromatic N) is 1. The van der Waals surface area contributed by atoms with E-state index in [1.165, 1.54) is 6.07 Å². The van der Waals surface area contributed by atoms with E-state index in [-0.39, 0.29) is 29.3 Å². The fourth-order valence-electron chi connectivity index (χ4n) is 3.52. The summed E-state index contributed by atoms with van der Waals surface area (Å²) in [5.74, 6) is 0.423. The van der Waals surface area contributed by atoms with Crippen LogP contribution in [0.1, 0.15) is 44.5 Å². The molecular weight excluding hydrogens is 386 g/mol.